The smallest absolute Gasteiger partial charge is 0.127 e. The van der Waals surface area contributed by atoms with Gasteiger partial charge in [0.1, 0.15) is 5.75 Å². The number of hydrazine groups is 1. The summed E-state index contributed by atoms with van der Waals surface area (Å²) in [6, 6.07) is 9.54. The van der Waals surface area contributed by atoms with Crippen molar-refractivity contribution in [3.05, 3.63) is 62.1 Å². The highest BCUT2D eigenvalue weighted by molar-refractivity contribution is 9.10. The Balaban J connectivity index is 2.62. The molecule has 3 N–H and O–H groups in total. The van der Waals surface area contributed by atoms with E-state index in [9.17, 15) is 0 Å². The molecule has 1 atom stereocenters. The van der Waals surface area contributed by atoms with Crippen LogP contribution in [0.15, 0.2) is 34.8 Å². The van der Waals surface area contributed by atoms with Gasteiger partial charge < -0.3 is 4.74 Å². The third-order valence-corrected chi connectivity index (χ3v) is 4.50. The van der Waals surface area contributed by atoms with Crippen LogP contribution in [0.25, 0.3) is 0 Å². The van der Waals surface area contributed by atoms with Crippen LogP contribution in [0.4, 0.5) is 0 Å². The van der Waals surface area contributed by atoms with Gasteiger partial charge >= 0.3 is 0 Å². The van der Waals surface area contributed by atoms with Crippen LogP contribution in [-0.2, 0) is 0 Å². The molecule has 2 rings (SSSR count). The fraction of sp³-hybridized carbons (Fsp3) is 0.250. The molecule has 3 nitrogen and oxygen atoms in total. The molecule has 0 spiro atoms. The van der Waals surface area contributed by atoms with Gasteiger partial charge in [0, 0.05) is 15.1 Å². The van der Waals surface area contributed by atoms with Crippen molar-refractivity contribution in [1.29, 1.82) is 0 Å². The number of nitrogens with one attached hydrogen (secondary N) is 1. The average molecular weight is 370 g/mol. The van der Waals surface area contributed by atoms with E-state index >= 15 is 0 Å². The molecule has 0 heterocycles. The molecule has 0 aliphatic rings. The number of nitrogens with two attached hydrogens (primary N) is 1. The van der Waals surface area contributed by atoms with Gasteiger partial charge in [-0.2, -0.15) is 0 Å². The average Bonchev–Trinajstić information content (AvgIpc) is 2.47. The molecule has 2 aromatic carbocycles. The molecule has 0 saturated heterocycles. The zero-order chi connectivity index (χ0) is 15.6. The van der Waals surface area contributed by atoms with Crippen LogP contribution in [0.3, 0.4) is 0 Å². The number of ether oxygens (including phenoxy) is 1. The Morgan fingerprint density at radius 2 is 1.90 bits per heavy atom. The van der Waals surface area contributed by atoms with Crippen LogP contribution < -0.4 is 16.0 Å². The van der Waals surface area contributed by atoms with E-state index in [-0.39, 0.29) is 6.04 Å². The summed E-state index contributed by atoms with van der Waals surface area (Å²) >= 11 is 9.80. The van der Waals surface area contributed by atoms with E-state index in [1.807, 2.05) is 31.2 Å². The first-order valence-corrected chi connectivity index (χ1v) is 7.71. The molecule has 0 bridgehead atoms. The summed E-state index contributed by atoms with van der Waals surface area (Å²) in [5, 5.41) is 0.654. The molecular weight excluding hydrogens is 352 g/mol. The van der Waals surface area contributed by atoms with E-state index in [2.05, 4.69) is 34.3 Å². The molecule has 5 heteroatoms. The lowest BCUT2D eigenvalue weighted by atomic mass is 9.94. The van der Waals surface area contributed by atoms with E-state index in [0.717, 1.165) is 26.9 Å². The number of methoxy groups -OCH3 is 1. The summed E-state index contributed by atoms with van der Waals surface area (Å²) in [4.78, 5) is 0. The molecule has 0 aromatic heterocycles. The number of benzene rings is 2. The Labute approximate surface area is 138 Å². The molecule has 112 valence electrons. The Morgan fingerprint density at radius 1 is 1.19 bits per heavy atom. The number of hydrogen-bond acceptors (Lipinski definition) is 3. The van der Waals surface area contributed by atoms with Gasteiger partial charge in [-0.05, 0) is 48.7 Å². The topological polar surface area (TPSA) is 47.3 Å². The highest BCUT2D eigenvalue weighted by Crippen LogP contribution is 2.37. The largest absolute Gasteiger partial charge is 0.496 e. The molecule has 0 saturated carbocycles. The number of hydrogen-bond donors (Lipinski definition) is 2. The maximum atomic E-state index is 6.33. The standard InChI is InChI=1S/C16H18BrClN2O/c1-9-4-6-12(16(21-3)10(9)2)15(20-19)13-8-11(17)5-7-14(13)18/h4-8,15,20H,19H2,1-3H3. The summed E-state index contributed by atoms with van der Waals surface area (Å²) in [5.41, 5.74) is 6.97. The Morgan fingerprint density at radius 3 is 2.52 bits per heavy atom. The summed E-state index contributed by atoms with van der Waals surface area (Å²) in [7, 11) is 1.67. The highest BCUT2D eigenvalue weighted by Gasteiger charge is 2.21. The van der Waals surface area contributed by atoms with Crippen molar-refractivity contribution in [2.45, 2.75) is 19.9 Å². The molecule has 0 fully saturated rings. The van der Waals surface area contributed by atoms with E-state index < -0.39 is 0 Å². The predicted octanol–water partition coefficient (Wildman–Crippen LogP) is 4.28. The van der Waals surface area contributed by atoms with Gasteiger partial charge in [-0.25, -0.2) is 5.43 Å². The lowest BCUT2D eigenvalue weighted by Crippen LogP contribution is -2.29. The summed E-state index contributed by atoms with van der Waals surface area (Å²) in [6.45, 7) is 4.09. The minimum atomic E-state index is -0.246. The van der Waals surface area contributed by atoms with Crippen molar-refractivity contribution in [2.24, 2.45) is 5.84 Å². The second-order valence-corrected chi connectivity index (χ2v) is 6.22. The fourth-order valence-electron chi connectivity index (χ4n) is 2.39. The van der Waals surface area contributed by atoms with Gasteiger partial charge in [-0.1, -0.05) is 39.7 Å². The summed E-state index contributed by atoms with van der Waals surface area (Å²) in [6.07, 6.45) is 0. The van der Waals surface area contributed by atoms with Gasteiger partial charge in [0.05, 0.1) is 13.2 Å². The van der Waals surface area contributed by atoms with Crippen LogP contribution in [0.1, 0.15) is 28.3 Å². The van der Waals surface area contributed by atoms with Gasteiger partial charge in [0.25, 0.3) is 0 Å². The third-order valence-electron chi connectivity index (χ3n) is 3.66. The first-order chi connectivity index (χ1) is 9.99. The Kier molecular flexibility index (Phi) is 5.27. The molecule has 0 aliphatic heterocycles. The summed E-state index contributed by atoms with van der Waals surface area (Å²) < 4.78 is 6.53. The minimum absolute atomic E-state index is 0.246. The van der Waals surface area contributed by atoms with E-state index in [4.69, 9.17) is 22.2 Å². The van der Waals surface area contributed by atoms with Crippen molar-refractivity contribution < 1.29 is 4.74 Å². The van der Waals surface area contributed by atoms with E-state index in [0.29, 0.717) is 5.02 Å². The van der Waals surface area contributed by atoms with Crippen LogP contribution in [0, 0.1) is 13.8 Å². The zero-order valence-electron chi connectivity index (χ0n) is 12.2. The van der Waals surface area contributed by atoms with Crippen LogP contribution in [0.5, 0.6) is 5.75 Å². The molecule has 0 aliphatic carbocycles. The molecule has 0 radical (unpaired) electrons. The fourth-order valence-corrected chi connectivity index (χ4v) is 3.00. The Hall–Kier alpha value is -1.07. The third kappa shape index (κ3) is 3.24. The number of rotatable bonds is 4. The van der Waals surface area contributed by atoms with Crippen molar-refractivity contribution in [3.8, 4) is 5.75 Å². The number of aryl methyl sites for hydroxylation is 1. The van der Waals surface area contributed by atoms with Crippen LogP contribution in [-0.4, -0.2) is 7.11 Å². The van der Waals surface area contributed by atoms with E-state index in [1.54, 1.807) is 7.11 Å². The van der Waals surface area contributed by atoms with Gasteiger partial charge in [-0.3, -0.25) is 5.84 Å². The lowest BCUT2D eigenvalue weighted by molar-refractivity contribution is 0.401. The normalized spacial score (nSPS) is 12.3. The molecule has 0 amide bonds. The monoisotopic (exact) mass is 368 g/mol. The van der Waals surface area contributed by atoms with Gasteiger partial charge in [-0.15, -0.1) is 0 Å². The summed E-state index contributed by atoms with van der Waals surface area (Å²) in [5.74, 6) is 6.62. The molecular formula is C16H18BrClN2O. The molecule has 1 unspecified atom stereocenters. The SMILES string of the molecule is COc1c(C(NN)c2cc(Br)ccc2Cl)ccc(C)c1C. The highest BCUT2D eigenvalue weighted by atomic mass is 79.9. The van der Waals surface area contributed by atoms with Crippen molar-refractivity contribution >= 4 is 27.5 Å². The van der Waals surface area contributed by atoms with Gasteiger partial charge in [0.2, 0.25) is 0 Å². The second kappa shape index (κ2) is 6.79. The second-order valence-electron chi connectivity index (χ2n) is 4.90. The minimum Gasteiger partial charge on any atom is -0.496 e. The first-order valence-electron chi connectivity index (χ1n) is 6.54. The van der Waals surface area contributed by atoms with E-state index in [1.165, 1.54) is 5.56 Å². The Bertz CT molecular complexity index is 661. The maximum absolute atomic E-state index is 6.33. The predicted molar refractivity (Wildman–Crippen MR) is 90.8 cm³/mol. The van der Waals surface area contributed by atoms with Crippen molar-refractivity contribution in [1.82, 2.24) is 5.43 Å². The quantitative estimate of drug-likeness (QED) is 0.624. The maximum Gasteiger partial charge on any atom is 0.127 e. The van der Waals surface area contributed by atoms with Crippen LogP contribution in [0.2, 0.25) is 5.02 Å². The zero-order valence-corrected chi connectivity index (χ0v) is 14.5. The van der Waals surface area contributed by atoms with Crippen LogP contribution >= 0.6 is 27.5 Å². The molecule has 21 heavy (non-hydrogen) atoms. The number of halogens is 2. The van der Waals surface area contributed by atoms with Crippen molar-refractivity contribution in [3.63, 3.8) is 0 Å². The molecule has 2 aromatic rings. The van der Waals surface area contributed by atoms with Gasteiger partial charge in [0.15, 0.2) is 0 Å². The van der Waals surface area contributed by atoms with Crippen molar-refractivity contribution in [2.75, 3.05) is 7.11 Å². The lowest BCUT2D eigenvalue weighted by Gasteiger charge is -2.22. The first kappa shape index (κ1) is 16.3.